The highest BCUT2D eigenvalue weighted by atomic mass is 35.5. The summed E-state index contributed by atoms with van der Waals surface area (Å²) < 4.78 is 0. The van der Waals surface area contributed by atoms with Crippen LogP contribution >= 0.6 is 11.6 Å². The zero-order valence-corrected chi connectivity index (χ0v) is 11.3. The van der Waals surface area contributed by atoms with Crippen LogP contribution in [0.5, 0.6) is 0 Å². The van der Waals surface area contributed by atoms with Crippen LogP contribution in [0.4, 0.5) is 0 Å². The molecule has 0 spiro atoms. The van der Waals surface area contributed by atoms with E-state index >= 15 is 0 Å². The second-order valence-electron chi connectivity index (χ2n) is 4.03. The van der Waals surface area contributed by atoms with Crippen molar-refractivity contribution in [3.63, 3.8) is 0 Å². The molecule has 2 rings (SSSR count). The van der Waals surface area contributed by atoms with E-state index in [1.807, 2.05) is 19.1 Å². The summed E-state index contributed by atoms with van der Waals surface area (Å²) >= 11 is 6.00. The zero-order valence-electron chi connectivity index (χ0n) is 10.6. The standard InChI is InChI=1S/C14H14ClN3O/c1-2-18(10-11-3-6-16-7-4-11)14(19)12-5-8-17-9-13(12)15/h3-9H,2,10H2,1H3. The molecule has 1 amide bonds. The van der Waals surface area contributed by atoms with Crippen LogP contribution in [0.25, 0.3) is 0 Å². The van der Waals surface area contributed by atoms with Gasteiger partial charge in [0.15, 0.2) is 0 Å². The van der Waals surface area contributed by atoms with Crippen LogP contribution in [0.2, 0.25) is 5.02 Å². The summed E-state index contributed by atoms with van der Waals surface area (Å²) in [6.45, 7) is 3.09. The first-order valence-electron chi connectivity index (χ1n) is 6.00. The summed E-state index contributed by atoms with van der Waals surface area (Å²) in [5.41, 5.74) is 1.52. The molecular formula is C14H14ClN3O. The van der Waals surface area contributed by atoms with Crippen molar-refractivity contribution in [2.24, 2.45) is 0 Å². The molecular weight excluding hydrogens is 262 g/mol. The van der Waals surface area contributed by atoms with Gasteiger partial charge in [-0.1, -0.05) is 11.6 Å². The molecule has 0 fully saturated rings. The molecule has 4 nitrogen and oxygen atoms in total. The molecule has 2 heterocycles. The van der Waals surface area contributed by atoms with Crippen LogP contribution in [0.1, 0.15) is 22.8 Å². The van der Waals surface area contributed by atoms with E-state index in [0.717, 1.165) is 5.56 Å². The molecule has 0 saturated carbocycles. The molecule has 19 heavy (non-hydrogen) atoms. The van der Waals surface area contributed by atoms with Gasteiger partial charge < -0.3 is 4.90 Å². The van der Waals surface area contributed by atoms with Gasteiger partial charge in [-0.25, -0.2) is 0 Å². The highest BCUT2D eigenvalue weighted by Crippen LogP contribution is 2.17. The molecule has 2 aromatic rings. The van der Waals surface area contributed by atoms with E-state index in [0.29, 0.717) is 23.7 Å². The fraction of sp³-hybridized carbons (Fsp3) is 0.214. The third-order valence-corrected chi connectivity index (χ3v) is 3.10. The van der Waals surface area contributed by atoms with E-state index in [-0.39, 0.29) is 5.91 Å². The third-order valence-electron chi connectivity index (χ3n) is 2.79. The number of carbonyl (C=O) groups excluding carboxylic acids is 1. The maximum absolute atomic E-state index is 12.4. The van der Waals surface area contributed by atoms with Gasteiger partial charge in [-0.15, -0.1) is 0 Å². The number of nitrogens with zero attached hydrogens (tertiary/aromatic N) is 3. The molecule has 0 aliphatic rings. The summed E-state index contributed by atoms with van der Waals surface area (Å²) in [6, 6.07) is 5.42. The Bertz CT molecular complexity index is 560. The van der Waals surface area contributed by atoms with Crippen molar-refractivity contribution in [2.45, 2.75) is 13.5 Å². The van der Waals surface area contributed by atoms with Crippen molar-refractivity contribution in [1.29, 1.82) is 0 Å². The van der Waals surface area contributed by atoms with E-state index < -0.39 is 0 Å². The minimum absolute atomic E-state index is 0.0910. The average Bonchev–Trinajstić information content (AvgIpc) is 2.46. The van der Waals surface area contributed by atoms with Gasteiger partial charge in [0.25, 0.3) is 5.91 Å². The van der Waals surface area contributed by atoms with Gasteiger partial charge in [-0.05, 0) is 30.7 Å². The molecule has 0 saturated heterocycles. The number of pyridine rings is 2. The summed E-state index contributed by atoms with van der Waals surface area (Å²) in [6.07, 6.45) is 6.48. The second-order valence-corrected chi connectivity index (χ2v) is 4.44. The van der Waals surface area contributed by atoms with Crippen LogP contribution in [0, 0.1) is 0 Å². The minimum Gasteiger partial charge on any atom is -0.335 e. The van der Waals surface area contributed by atoms with Crippen LogP contribution in [0.15, 0.2) is 43.0 Å². The fourth-order valence-corrected chi connectivity index (χ4v) is 1.95. The molecule has 2 aromatic heterocycles. The maximum Gasteiger partial charge on any atom is 0.255 e. The molecule has 0 aromatic carbocycles. The lowest BCUT2D eigenvalue weighted by Gasteiger charge is -2.21. The Morgan fingerprint density at radius 3 is 2.53 bits per heavy atom. The van der Waals surface area contributed by atoms with E-state index in [1.165, 1.54) is 6.20 Å². The smallest absolute Gasteiger partial charge is 0.255 e. The molecule has 0 aliphatic heterocycles. The van der Waals surface area contributed by atoms with Crippen molar-refractivity contribution in [3.05, 3.63) is 59.1 Å². The largest absolute Gasteiger partial charge is 0.335 e. The monoisotopic (exact) mass is 275 g/mol. The lowest BCUT2D eigenvalue weighted by Crippen LogP contribution is -2.30. The first-order chi connectivity index (χ1) is 9.22. The highest BCUT2D eigenvalue weighted by Gasteiger charge is 2.17. The fourth-order valence-electron chi connectivity index (χ4n) is 1.75. The van der Waals surface area contributed by atoms with Crippen LogP contribution in [0.3, 0.4) is 0 Å². The summed E-state index contributed by atoms with van der Waals surface area (Å²) in [5.74, 6) is -0.0910. The highest BCUT2D eigenvalue weighted by molar-refractivity contribution is 6.33. The molecule has 0 unspecified atom stereocenters. The number of hydrogen-bond donors (Lipinski definition) is 0. The number of hydrogen-bond acceptors (Lipinski definition) is 3. The summed E-state index contributed by atoms with van der Waals surface area (Å²) in [7, 11) is 0. The van der Waals surface area contributed by atoms with Crippen LogP contribution in [-0.4, -0.2) is 27.3 Å². The lowest BCUT2D eigenvalue weighted by atomic mass is 10.2. The number of rotatable bonds is 4. The van der Waals surface area contributed by atoms with Crippen molar-refractivity contribution in [2.75, 3.05) is 6.54 Å². The van der Waals surface area contributed by atoms with Gasteiger partial charge in [0.2, 0.25) is 0 Å². The Kier molecular flexibility index (Phi) is 4.47. The molecule has 5 heteroatoms. The van der Waals surface area contributed by atoms with Gasteiger partial charge in [0.1, 0.15) is 0 Å². The first-order valence-corrected chi connectivity index (χ1v) is 6.38. The van der Waals surface area contributed by atoms with Crippen molar-refractivity contribution in [1.82, 2.24) is 14.9 Å². The zero-order chi connectivity index (χ0) is 13.7. The molecule has 0 radical (unpaired) electrons. The number of amides is 1. The Labute approximate surface area is 117 Å². The lowest BCUT2D eigenvalue weighted by molar-refractivity contribution is 0.0752. The number of aromatic nitrogens is 2. The molecule has 98 valence electrons. The average molecular weight is 276 g/mol. The van der Waals surface area contributed by atoms with Crippen LogP contribution < -0.4 is 0 Å². The molecule has 0 atom stereocenters. The van der Waals surface area contributed by atoms with Gasteiger partial charge in [-0.2, -0.15) is 0 Å². The van der Waals surface area contributed by atoms with E-state index in [4.69, 9.17) is 11.6 Å². The second kappa shape index (κ2) is 6.29. The van der Waals surface area contributed by atoms with Gasteiger partial charge in [0, 0.05) is 37.9 Å². The predicted molar refractivity (Wildman–Crippen MR) is 73.9 cm³/mol. The Morgan fingerprint density at radius 2 is 1.89 bits per heavy atom. The van der Waals surface area contributed by atoms with E-state index in [2.05, 4.69) is 9.97 Å². The topological polar surface area (TPSA) is 46.1 Å². The quantitative estimate of drug-likeness (QED) is 0.862. The molecule has 0 bridgehead atoms. The Morgan fingerprint density at radius 1 is 1.21 bits per heavy atom. The number of halogens is 1. The summed E-state index contributed by atoms with van der Waals surface area (Å²) in [4.78, 5) is 22.0. The van der Waals surface area contributed by atoms with E-state index in [9.17, 15) is 4.79 Å². The molecule has 0 aliphatic carbocycles. The van der Waals surface area contributed by atoms with E-state index in [1.54, 1.807) is 29.6 Å². The van der Waals surface area contributed by atoms with Crippen molar-refractivity contribution >= 4 is 17.5 Å². The first kappa shape index (κ1) is 13.5. The van der Waals surface area contributed by atoms with Crippen molar-refractivity contribution in [3.8, 4) is 0 Å². The predicted octanol–water partition coefficient (Wildman–Crippen LogP) is 2.79. The Hall–Kier alpha value is -1.94. The minimum atomic E-state index is -0.0910. The van der Waals surface area contributed by atoms with Crippen LogP contribution in [-0.2, 0) is 6.54 Å². The normalized spacial score (nSPS) is 10.2. The SMILES string of the molecule is CCN(Cc1ccncc1)C(=O)c1ccncc1Cl. The summed E-state index contributed by atoms with van der Waals surface area (Å²) in [5, 5.41) is 0.376. The molecule has 0 N–H and O–H groups in total. The Balaban J connectivity index is 2.18. The van der Waals surface area contributed by atoms with Gasteiger partial charge in [-0.3, -0.25) is 14.8 Å². The van der Waals surface area contributed by atoms with Crippen molar-refractivity contribution < 1.29 is 4.79 Å². The number of carbonyl (C=O) groups is 1. The van der Waals surface area contributed by atoms with Gasteiger partial charge >= 0.3 is 0 Å². The maximum atomic E-state index is 12.4. The van der Waals surface area contributed by atoms with Gasteiger partial charge in [0.05, 0.1) is 10.6 Å². The third kappa shape index (κ3) is 3.29.